The van der Waals surface area contributed by atoms with E-state index in [0.717, 1.165) is 11.1 Å². The number of nitrogens with one attached hydrogen (secondary N) is 2. The average Bonchev–Trinajstić information content (AvgIpc) is 2.78. The van der Waals surface area contributed by atoms with Crippen molar-refractivity contribution in [3.63, 3.8) is 0 Å². The molecule has 7 nitrogen and oxygen atoms in total. The third kappa shape index (κ3) is 6.98. The molecule has 0 heterocycles. The molecule has 7 heteroatoms. The molecule has 164 valence electrons. The Balaban J connectivity index is 1.47. The fraction of sp³-hybridized carbons (Fsp3) is 0.160. The van der Waals surface area contributed by atoms with Crippen molar-refractivity contribution in [3.8, 4) is 11.5 Å². The third-order valence-electron chi connectivity index (χ3n) is 4.44. The first-order chi connectivity index (χ1) is 15.4. The zero-order chi connectivity index (χ0) is 22.9. The maximum atomic E-state index is 12.4. The van der Waals surface area contributed by atoms with Crippen molar-refractivity contribution in [1.29, 1.82) is 0 Å². The van der Waals surface area contributed by atoms with Crippen molar-refractivity contribution in [1.82, 2.24) is 5.32 Å². The van der Waals surface area contributed by atoms with Crippen LogP contribution in [0.2, 0.25) is 0 Å². The summed E-state index contributed by atoms with van der Waals surface area (Å²) in [6.45, 7) is 3.50. The van der Waals surface area contributed by atoms with Gasteiger partial charge >= 0.3 is 5.97 Å². The van der Waals surface area contributed by atoms with Crippen LogP contribution in [0.4, 0.5) is 5.69 Å². The van der Waals surface area contributed by atoms with Crippen LogP contribution >= 0.6 is 0 Å². The minimum Gasteiger partial charge on any atom is -0.484 e. The number of anilines is 1. The second kappa shape index (κ2) is 10.8. The molecule has 3 rings (SSSR count). The zero-order valence-corrected chi connectivity index (χ0v) is 17.9. The van der Waals surface area contributed by atoms with Gasteiger partial charge in [-0.15, -0.1) is 0 Å². The molecule has 0 saturated heterocycles. The monoisotopic (exact) mass is 432 g/mol. The van der Waals surface area contributed by atoms with Gasteiger partial charge in [-0.1, -0.05) is 35.9 Å². The number of benzene rings is 3. The Hall–Kier alpha value is -4.13. The maximum absolute atomic E-state index is 12.4. The highest BCUT2D eigenvalue weighted by atomic mass is 16.5. The first kappa shape index (κ1) is 22.6. The highest BCUT2D eigenvalue weighted by Gasteiger charge is 2.08. The Morgan fingerprint density at radius 1 is 0.875 bits per heavy atom. The molecule has 0 aromatic heterocycles. The summed E-state index contributed by atoms with van der Waals surface area (Å²) in [6.07, 6.45) is 0. The van der Waals surface area contributed by atoms with Crippen LogP contribution in [0.3, 0.4) is 0 Å². The van der Waals surface area contributed by atoms with Gasteiger partial charge in [0.05, 0.1) is 0 Å². The van der Waals surface area contributed by atoms with Gasteiger partial charge in [-0.25, -0.2) is 0 Å². The molecule has 0 aliphatic rings. The first-order valence-electron chi connectivity index (χ1n) is 10.0. The van der Waals surface area contributed by atoms with Crippen molar-refractivity contribution >= 4 is 23.5 Å². The van der Waals surface area contributed by atoms with Gasteiger partial charge in [0.15, 0.2) is 6.61 Å². The van der Waals surface area contributed by atoms with E-state index in [9.17, 15) is 14.4 Å². The summed E-state index contributed by atoms with van der Waals surface area (Å²) in [6, 6.07) is 21.0. The lowest BCUT2D eigenvalue weighted by atomic mass is 10.1. The van der Waals surface area contributed by atoms with Gasteiger partial charge < -0.3 is 20.1 Å². The highest BCUT2D eigenvalue weighted by Crippen LogP contribution is 2.15. The van der Waals surface area contributed by atoms with Gasteiger partial charge in [0.25, 0.3) is 11.8 Å². The Morgan fingerprint density at radius 2 is 1.59 bits per heavy atom. The predicted molar refractivity (Wildman–Crippen MR) is 121 cm³/mol. The number of hydrogen-bond acceptors (Lipinski definition) is 5. The molecular weight excluding hydrogens is 408 g/mol. The topological polar surface area (TPSA) is 93.7 Å². The molecule has 0 bridgehead atoms. The molecule has 3 aromatic rings. The summed E-state index contributed by atoms with van der Waals surface area (Å²) >= 11 is 0. The molecular formula is C25H24N2O5. The summed E-state index contributed by atoms with van der Waals surface area (Å²) in [4.78, 5) is 35.5. The molecule has 2 amide bonds. The van der Waals surface area contributed by atoms with Crippen LogP contribution in [0.15, 0.2) is 72.8 Å². The normalized spacial score (nSPS) is 10.2. The summed E-state index contributed by atoms with van der Waals surface area (Å²) in [7, 11) is 0. The van der Waals surface area contributed by atoms with E-state index in [1.807, 2.05) is 43.3 Å². The third-order valence-corrected chi connectivity index (χ3v) is 4.44. The molecule has 0 aliphatic carbocycles. The van der Waals surface area contributed by atoms with Gasteiger partial charge in [-0.2, -0.15) is 0 Å². The lowest BCUT2D eigenvalue weighted by Crippen LogP contribution is -2.23. The van der Waals surface area contributed by atoms with E-state index in [-0.39, 0.29) is 18.4 Å². The van der Waals surface area contributed by atoms with E-state index >= 15 is 0 Å². The average molecular weight is 432 g/mol. The van der Waals surface area contributed by atoms with Crippen molar-refractivity contribution < 1.29 is 23.9 Å². The number of aryl methyl sites for hydroxylation is 1. The quantitative estimate of drug-likeness (QED) is 0.416. The number of amides is 2. The van der Waals surface area contributed by atoms with Gasteiger partial charge in [-0.3, -0.25) is 14.4 Å². The Bertz CT molecular complexity index is 1090. The standard InChI is InChI=1S/C25H24N2O5/c1-17-6-12-22(13-7-17)31-16-24(29)27-21-10-8-19(9-11-21)15-26-25(30)20-4-3-5-23(14-20)32-18(2)28/h3-14H,15-16H2,1-2H3,(H,26,30)(H,27,29). The van der Waals surface area contributed by atoms with E-state index in [4.69, 9.17) is 9.47 Å². The number of hydrogen-bond donors (Lipinski definition) is 2. The van der Waals surface area contributed by atoms with E-state index in [2.05, 4.69) is 10.6 Å². The van der Waals surface area contributed by atoms with Crippen LogP contribution in [-0.4, -0.2) is 24.4 Å². The molecule has 32 heavy (non-hydrogen) atoms. The second-order valence-corrected chi connectivity index (χ2v) is 7.15. The predicted octanol–water partition coefficient (Wildman–Crippen LogP) is 3.87. The molecule has 0 fully saturated rings. The molecule has 0 saturated carbocycles. The summed E-state index contributed by atoms with van der Waals surface area (Å²) in [5.74, 6) is -0.0489. The summed E-state index contributed by atoms with van der Waals surface area (Å²) in [5.41, 5.74) is 3.00. The maximum Gasteiger partial charge on any atom is 0.308 e. The van der Waals surface area contributed by atoms with Gasteiger partial charge in [0.2, 0.25) is 0 Å². The van der Waals surface area contributed by atoms with Crippen LogP contribution < -0.4 is 20.1 Å². The van der Waals surface area contributed by atoms with Gasteiger partial charge in [0, 0.05) is 24.7 Å². The Morgan fingerprint density at radius 3 is 2.28 bits per heavy atom. The lowest BCUT2D eigenvalue weighted by Gasteiger charge is -2.09. The Labute approximate surface area is 186 Å². The molecule has 0 radical (unpaired) electrons. The fourth-order valence-corrected chi connectivity index (χ4v) is 2.84. The Kier molecular flexibility index (Phi) is 7.59. The smallest absolute Gasteiger partial charge is 0.308 e. The van der Waals surface area contributed by atoms with Crippen molar-refractivity contribution in [2.24, 2.45) is 0 Å². The van der Waals surface area contributed by atoms with Crippen molar-refractivity contribution in [3.05, 3.63) is 89.5 Å². The van der Waals surface area contributed by atoms with Crippen LogP contribution in [0.1, 0.15) is 28.4 Å². The van der Waals surface area contributed by atoms with Gasteiger partial charge in [0.1, 0.15) is 11.5 Å². The van der Waals surface area contributed by atoms with Crippen LogP contribution in [-0.2, 0) is 16.1 Å². The number of esters is 1. The number of carbonyl (C=O) groups is 3. The minimum atomic E-state index is -0.448. The zero-order valence-electron chi connectivity index (χ0n) is 17.9. The van der Waals surface area contributed by atoms with Crippen LogP contribution in [0.5, 0.6) is 11.5 Å². The van der Waals surface area contributed by atoms with Crippen LogP contribution in [0.25, 0.3) is 0 Å². The van der Waals surface area contributed by atoms with E-state index in [0.29, 0.717) is 29.3 Å². The SMILES string of the molecule is CC(=O)Oc1cccc(C(=O)NCc2ccc(NC(=O)COc3ccc(C)cc3)cc2)c1. The van der Waals surface area contributed by atoms with Crippen molar-refractivity contribution in [2.75, 3.05) is 11.9 Å². The largest absolute Gasteiger partial charge is 0.484 e. The molecule has 0 unspecified atom stereocenters. The summed E-state index contributed by atoms with van der Waals surface area (Å²) in [5, 5.41) is 5.58. The highest BCUT2D eigenvalue weighted by molar-refractivity contribution is 5.94. The number of carbonyl (C=O) groups excluding carboxylic acids is 3. The van der Waals surface area contributed by atoms with E-state index in [1.54, 1.807) is 30.3 Å². The molecule has 0 spiro atoms. The summed E-state index contributed by atoms with van der Waals surface area (Å²) < 4.78 is 10.5. The van der Waals surface area contributed by atoms with E-state index < -0.39 is 5.97 Å². The van der Waals surface area contributed by atoms with Crippen LogP contribution in [0, 0.1) is 6.92 Å². The molecule has 0 atom stereocenters. The van der Waals surface area contributed by atoms with E-state index in [1.165, 1.54) is 13.0 Å². The second-order valence-electron chi connectivity index (χ2n) is 7.15. The molecule has 0 aliphatic heterocycles. The van der Waals surface area contributed by atoms with Gasteiger partial charge in [-0.05, 0) is 55.0 Å². The lowest BCUT2D eigenvalue weighted by molar-refractivity contribution is -0.131. The first-order valence-corrected chi connectivity index (χ1v) is 10.0. The molecule has 3 aromatic carbocycles. The number of ether oxygens (including phenoxy) is 2. The molecule has 2 N–H and O–H groups in total. The minimum absolute atomic E-state index is 0.0900. The fourth-order valence-electron chi connectivity index (χ4n) is 2.84. The van der Waals surface area contributed by atoms with Crippen molar-refractivity contribution in [2.45, 2.75) is 20.4 Å². The number of rotatable bonds is 8.